The molecule has 5 heteroatoms. The normalized spacial score (nSPS) is 10.7. The zero-order valence-corrected chi connectivity index (χ0v) is 11.4. The highest BCUT2D eigenvalue weighted by atomic mass is 15.3. The van der Waals surface area contributed by atoms with E-state index in [-0.39, 0.29) is 0 Å². The zero-order valence-electron chi connectivity index (χ0n) is 11.4. The molecule has 0 fully saturated rings. The Bertz CT molecular complexity index is 668. The van der Waals surface area contributed by atoms with E-state index in [2.05, 4.69) is 27.6 Å². The molecule has 2 aromatic heterocycles. The second-order valence-corrected chi connectivity index (χ2v) is 4.79. The van der Waals surface area contributed by atoms with Gasteiger partial charge < -0.3 is 5.32 Å². The number of nitrogens with zero attached hydrogens (tertiary/aromatic N) is 4. The van der Waals surface area contributed by atoms with Gasteiger partial charge in [0.1, 0.15) is 0 Å². The summed E-state index contributed by atoms with van der Waals surface area (Å²) in [6.45, 7) is 1.54. The fraction of sp³-hybridized carbons (Fsp3) is 0.200. The van der Waals surface area contributed by atoms with Gasteiger partial charge in [0.25, 0.3) is 0 Å². The molecule has 2 heterocycles. The fourth-order valence-corrected chi connectivity index (χ4v) is 2.08. The van der Waals surface area contributed by atoms with Crippen molar-refractivity contribution >= 4 is 5.69 Å². The summed E-state index contributed by atoms with van der Waals surface area (Å²) in [6.07, 6.45) is 7.73. The number of anilines is 1. The lowest BCUT2D eigenvalue weighted by Crippen LogP contribution is -2.00. The van der Waals surface area contributed by atoms with Gasteiger partial charge >= 0.3 is 0 Å². The number of benzene rings is 1. The first-order valence-corrected chi connectivity index (χ1v) is 6.57. The molecule has 0 amide bonds. The molecule has 0 aliphatic rings. The van der Waals surface area contributed by atoms with Gasteiger partial charge in [0, 0.05) is 31.5 Å². The molecule has 1 aromatic carbocycles. The molecule has 1 N–H and O–H groups in total. The summed E-state index contributed by atoms with van der Waals surface area (Å²) in [5.41, 5.74) is 3.42. The SMILES string of the molecule is Cn1cc(CNc2cnn(Cc3ccccc3)c2)cn1. The van der Waals surface area contributed by atoms with Gasteiger partial charge in [0.15, 0.2) is 0 Å². The van der Waals surface area contributed by atoms with Gasteiger partial charge in [-0.05, 0) is 5.56 Å². The molecular formula is C15H17N5. The maximum absolute atomic E-state index is 4.36. The van der Waals surface area contributed by atoms with Crippen molar-refractivity contribution in [3.05, 3.63) is 66.2 Å². The first kappa shape index (κ1) is 12.5. The minimum atomic E-state index is 0.755. The standard InChI is InChI=1S/C15H17N5/c1-19-10-14(8-17-19)7-16-15-9-18-20(12-15)11-13-5-3-2-4-6-13/h2-6,8-10,12,16H,7,11H2,1H3. The summed E-state index contributed by atoms with van der Waals surface area (Å²) in [5.74, 6) is 0. The maximum atomic E-state index is 4.36. The molecule has 0 aliphatic heterocycles. The van der Waals surface area contributed by atoms with E-state index >= 15 is 0 Å². The lowest BCUT2D eigenvalue weighted by Gasteiger charge is -2.02. The topological polar surface area (TPSA) is 47.7 Å². The average Bonchev–Trinajstić information content (AvgIpc) is 3.07. The minimum absolute atomic E-state index is 0.755. The van der Waals surface area contributed by atoms with Crippen molar-refractivity contribution in [2.24, 2.45) is 7.05 Å². The Hall–Kier alpha value is -2.56. The van der Waals surface area contributed by atoms with Crippen LogP contribution in [0.4, 0.5) is 5.69 Å². The minimum Gasteiger partial charge on any atom is -0.378 e. The third kappa shape index (κ3) is 3.06. The molecular weight excluding hydrogens is 250 g/mol. The van der Waals surface area contributed by atoms with E-state index in [1.165, 1.54) is 5.56 Å². The molecule has 5 nitrogen and oxygen atoms in total. The van der Waals surface area contributed by atoms with Crippen molar-refractivity contribution in [1.29, 1.82) is 0 Å². The van der Waals surface area contributed by atoms with Gasteiger partial charge in [0.2, 0.25) is 0 Å². The smallest absolute Gasteiger partial charge is 0.0729 e. The second kappa shape index (κ2) is 5.61. The Morgan fingerprint density at radius 2 is 1.85 bits per heavy atom. The van der Waals surface area contributed by atoms with Gasteiger partial charge in [-0.25, -0.2) is 0 Å². The maximum Gasteiger partial charge on any atom is 0.0729 e. The van der Waals surface area contributed by atoms with Crippen LogP contribution >= 0.6 is 0 Å². The molecule has 0 aliphatic carbocycles. The van der Waals surface area contributed by atoms with Crippen LogP contribution in [0.15, 0.2) is 55.1 Å². The van der Waals surface area contributed by atoms with E-state index < -0.39 is 0 Å². The van der Waals surface area contributed by atoms with Crippen LogP contribution in [0.3, 0.4) is 0 Å². The van der Waals surface area contributed by atoms with Crippen molar-refractivity contribution in [2.45, 2.75) is 13.1 Å². The monoisotopic (exact) mass is 267 g/mol. The molecule has 0 unspecified atom stereocenters. The van der Waals surface area contributed by atoms with Crippen LogP contribution in [0.25, 0.3) is 0 Å². The number of rotatable bonds is 5. The van der Waals surface area contributed by atoms with E-state index in [1.807, 2.05) is 54.7 Å². The van der Waals surface area contributed by atoms with Crippen molar-refractivity contribution in [3.8, 4) is 0 Å². The molecule has 0 bridgehead atoms. The Morgan fingerprint density at radius 3 is 2.60 bits per heavy atom. The van der Waals surface area contributed by atoms with Gasteiger partial charge in [-0.1, -0.05) is 30.3 Å². The molecule has 0 spiro atoms. The van der Waals surface area contributed by atoms with Crippen molar-refractivity contribution in [1.82, 2.24) is 19.6 Å². The Kier molecular flexibility index (Phi) is 3.50. The van der Waals surface area contributed by atoms with E-state index in [4.69, 9.17) is 0 Å². The zero-order chi connectivity index (χ0) is 13.8. The summed E-state index contributed by atoms with van der Waals surface area (Å²) in [6, 6.07) is 10.3. The Labute approximate surface area is 117 Å². The highest BCUT2D eigenvalue weighted by Gasteiger charge is 2.00. The fourth-order valence-electron chi connectivity index (χ4n) is 2.08. The Balaban J connectivity index is 1.59. The lowest BCUT2D eigenvalue weighted by atomic mass is 10.2. The van der Waals surface area contributed by atoms with Crippen LogP contribution in [0.2, 0.25) is 0 Å². The molecule has 0 saturated heterocycles. The second-order valence-electron chi connectivity index (χ2n) is 4.79. The number of hydrogen-bond acceptors (Lipinski definition) is 3. The highest BCUT2D eigenvalue weighted by Crippen LogP contribution is 2.09. The first-order chi connectivity index (χ1) is 9.79. The molecule has 3 aromatic rings. The molecule has 3 rings (SSSR count). The van der Waals surface area contributed by atoms with Crippen LogP contribution in [0.5, 0.6) is 0 Å². The van der Waals surface area contributed by atoms with Crippen molar-refractivity contribution in [2.75, 3.05) is 5.32 Å². The van der Waals surface area contributed by atoms with Crippen LogP contribution in [-0.2, 0) is 20.1 Å². The summed E-state index contributed by atoms with van der Waals surface area (Å²) in [7, 11) is 1.92. The number of aromatic nitrogens is 4. The summed E-state index contributed by atoms with van der Waals surface area (Å²) < 4.78 is 3.73. The third-order valence-electron chi connectivity index (χ3n) is 3.08. The largest absolute Gasteiger partial charge is 0.378 e. The number of aryl methyl sites for hydroxylation is 1. The summed E-state index contributed by atoms with van der Waals surface area (Å²) >= 11 is 0. The molecule has 0 saturated carbocycles. The first-order valence-electron chi connectivity index (χ1n) is 6.57. The molecule has 102 valence electrons. The average molecular weight is 267 g/mol. The highest BCUT2D eigenvalue weighted by molar-refractivity contribution is 5.39. The van der Waals surface area contributed by atoms with Crippen molar-refractivity contribution < 1.29 is 0 Å². The molecule has 0 radical (unpaired) electrons. The third-order valence-corrected chi connectivity index (χ3v) is 3.08. The van der Waals surface area contributed by atoms with E-state index in [0.717, 1.165) is 24.3 Å². The van der Waals surface area contributed by atoms with E-state index in [9.17, 15) is 0 Å². The van der Waals surface area contributed by atoms with Gasteiger partial charge in [-0.15, -0.1) is 0 Å². The van der Waals surface area contributed by atoms with E-state index in [0.29, 0.717) is 0 Å². The van der Waals surface area contributed by atoms with Gasteiger partial charge in [-0.3, -0.25) is 9.36 Å². The number of nitrogens with one attached hydrogen (secondary N) is 1. The summed E-state index contributed by atoms with van der Waals surface area (Å²) in [5, 5.41) is 11.9. The summed E-state index contributed by atoms with van der Waals surface area (Å²) in [4.78, 5) is 0. The molecule has 20 heavy (non-hydrogen) atoms. The van der Waals surface area contributed by atoms with Crippen LogP contribution in [0.1, 0.15) is 11.1 Å². The van der Waals surface area contributed by atoms with Crippen LogP contribution in [0, 0.1) is 0 Å². The Morgan fingerprint density at radius 1 is 1.00 bits per heavy atom. The van der Waals surface area contributed by atoms with Crippen LogP contribution < -0.4 is 5.32 Å². The van der Waals surface area contributed by atoms with E-state index in [1.54, 1.807) is 4.68 Å². The lowest BCUT2D eigenvalue weighted by molar-refractivity contribution is 0.687. The predicted molar refractivity (Wildman–Crippen MR) is 78.3 cm³/mol. The van der Waals surface area contributed by atoms with Gasteiger partial charge in [-0.2, -0.15) is 10.2 Å². The quantitative estimate of drug-likeness (QED) is 0.771. The predicted octanol–water partition coefficient (Wildman–Crippen LogP) is 2.28. The molecule has 0 atom stereocenters. The van der Waals surface area contributed by atoms with Crippen molar-refractivity contribution in [3.63, 3.8) is 0 Å². The van der Waals surface area contributed by atoms with Gasteiger partial charge in [0.05, 0.1) is 24.6 Å². The van der Waals surface area contributed by atoms with Crippen LogP contribution in [-0.4, -0.2) is 19.6 Å². The number of hydrogen-bond donors (Lipinski definition) is 1.